The van der Waals surface area contributed by atoms with E-state index in [1.54, 1.807) is 12.3 Å². The Morgan fingerprint density at radius 1 is 1.45 bits per heavy atom. The molecule has 0 radical (unpaired) electrons. The summed E-state index contributed by atoms with van der Waals surface area (Å²) < 4.78 is 28.7. The van der Waals surface area contributed by atoms with Gasteiger partial charge in [0, 0.05) is 31.0 Å². The molecule has 1 heterocycles. The predicted molar refractivity (Wildman–Crippen MR) is 77.9 cm³/mol. The van der Waals surface area contributed by atoms with Crippen LogP contribution in [0.4, 0.5) is 0 Å². The molecule has 1 aromatic heterocycles. The van der Waals surface area contributed by atoms with Crippen molar-refractivity contribution in [1.82, 2.24) is 8.87 Å². The molecule has 0 atom stereocenters. The molecule has 0 saturated heterocycles. The van der Waals surface area contributed by atoms with Gasteiger partial charge < -0.3 is 9.67 Å². The van der Waals surface area contributed by atoms with Crippen LogP contribution in [0.25, 0.3) is 0 Å². The van der Waals surface area contributed by atoms with Gasteiger partial charge in [-0.25, -0.2) is 8.42 Å². The summed E-state index contributed by atoms with van der Waals surface area (Å²) in [6.07, 6.45) is 3.80. The van der Waals surface area contributed by atoms with E-state index >= 15 is 0 Å². The van der Waals surface area contributed by atoms with E-state index in [9.17, 15) is 13.5 Å². The third-order valence-electron chi connectivity index (χ3n) is 3.57. The summed E-state index contributed by atoms with van der Waals surface area (Å²) in [7, 11) is -3.46. The fraction of sp³-hybridized carbons (Fsp3) is 0.714. The molecular weight excluding hydrogens is 276 g/mol. The summed E-state index contributed by atoms with van der Waals surface area (Å²) in [6.45, 7) is 6.72. The smallest absolute Gasteiger partial charge is 0.244 e. The second-order valence-electron chi connectivity index (χ2n) is 5.81. The third kappa shape index (κ3) is 3.07. The molecule has 1 N–H and O–H groups in total. The molecule has 0 aromatic carbocycles. The molecule has 1 saturated carbocycles. The van der Waals surface area contributed by atoms with Crippen molar-refractivity contribution < 1.29 is 13.5 Å². The highest BCUT2D eigenvalue weighted by Crippen LogP contribution is 2.37. The first kappa shape index (κ1) is 15.5. The average molecular weight is 300 g/mol. The third-order valence-corrected chi connectivity index (χ3v) is 5.47. The molecule has 0 spiro atoms. The minimum Gasteiger partial charge on any atom is -0.390 e. The lowest BCUT2D eigenvalue weighted by atomic mass is 10.2. The number of hydrogen-bond acceptors (Lipinski definition) is 3. The summed E-state index contributed by atoms with van der Waals surface area (Å²) in [5.41, 5.74) is 0.687. The number of aliphatic hydroxyl groups is 1. The largest absolute Gasteiger partial charge is 0.390 e. The van der Waals surface area contributed by atoms with Gasteiger partial charge >= 0.3 is 0 Å². The highest BCUT2D eigenvalue weighted by Gasteiger charge is 2.30. The molecule has 1 fully saturated rings. The lowest BCUT2D eigenvalue weighted by molar-refractivity contribution is 0.270. The van der Waals surface area contributed by atoms with Gasteiger partial charge in [-0.2, -0.15) is 4.31 Å². The van der Waals surface area contributed by atoms with E-state index in [2.05, 4.69) is 0 Å². The summed E-state index contributed by atoms with van der Waals surface area (Å²) in [5, 5.41) is 9.39. The molecule has 1 aliphatic rings. The molecule has 0 amide bonds. The van der Waals surface area contributed by atoms with Crippen LogP contribution < -0.4 is 0 Å². The van der Waals surface area contributed by atoms with Crippen LogP contribution in [0.2, 0.25) is 0 Å². The molecular formula is C14H24N2O3S. The van der Waals surface area contributed by atoms with E-state index in [0.29, 0.717) is 29.7 Å². The van der Waals surface area contributed by atoms with Gasteiger partial charge in [0.1, 0.15) is 4.90 Å². The quantitative estimate of drug-likeness (QED) is 0.837. The fourth-order valence-corrected chi connectivity index (χ4v) is 4.07. The Bertz CT molecular complexity index is 559. The van der Waals surface area contributed by atoms with Crippen molar-refractivity contribution in [2.24, 2.45) is 5.92 Å². The zero-order valence-electron chi connectivity index (χ0n) is 12.4. The molecule has 1 aliphatic carbocycles. The van der Waals surface area contributed by atoms with Gasteiger partial charge in [-0.1, -0.05) is 20.8 Å². The molecule has 0 unspecified atom stereocenters. The van der Waals surface area contributed by atoms with Crippen LogP contribution in [0.1, 0.15) is 45.3 Å². The average Bonchev–Trinajstić information content (AvgIpc) is 3.14. The first-order chi connectivity index (χ1) is 9.40. The van der Waals surface area contributed by atoms with E-state index in [1.165, 1.54) is 4.31 Å². The molecule has 2 rings (SSSR count). The number of rotatable bonds is 7. The highest BCUT2D eigenvalue weighted by molar-refractivity contribution is 7.89. The Balaban J connectivity index is 2.32. The summed E-state index contributed by atoms with van der Waals surface area (Å²) >= 11 is 0. The number of aromatic nitrogens is 1. The topological polar surface area (TPSA) is 62.5 Å². The molecule has 0 aliphatic heterocycles. The van der Waals surface area contributed by atoms with Gasteiger partial charge in [0.05, 0.1) is 6.61 Å². The number of sulfonamides is 1. The first-order valence-corrected chi connectivity index (χ1v) is 8.65. The Hall–Kier alpha value is -0.850. The van der Waals surface area contributed by atoms with E-state index < -0.39 is 10.0 Å². The van der Waals surface area contributed by atoms with Crippen LogP contribution >= 0.6 is 0 Å². The van der Waals surface area contributed by atoms with E-state index in [0.717, 1.165) is 12.8 Å². The minimum atomic E-state index is -3.46. The maximum Gasteiger partial charge on any atom is 0.244 e. The van der Waals surface area contributed by atoms with Gasteiger partial charge in [0.15, 0.2) is 0 Å². The first-order valence-electron chi connectivity index (χ1n) is 7.21. The summed E-state index contributed by atoms with van der Waals surface area (Å²) in [5.74, 6) is 0.285. The predicted octanol–water partition coefficient (Wildman–Crippen LogP) is 1.98. The molecule has 0 bridgehead atoms. The number of hydrogen-bond donors (Lipinski definition) is 1. The van der Waals surface area contributed by atoms with Crippen molar-refractivity contribution in [3.8, 4) is 0 Å². The maximum atomic E-state index is 12.7. The van der Waals surface area contributed by atoms with Crippen LogP contribution in [0.15, 0.2) is 17.2 Å². The van der Waals surface area contributed by atoms with Gasteiger partial charge in [0.2, 0.25) is 10.0 Å². The normalized spacial score (nSPS) is 16.3. The van der Waals surface area contributed by atoms with Crippen LogP contribution in [0.5, 0.6) is 0 Å². The Kier molecular flexibility index (Phi) is 4.56. The van der Waals surface area contributed by atoms with Crippen LogP contribution in [0, 0.1) is 5.92 Å². The molecule has 114 valence electrons. The van der Waals surface area contributed by atoms with Crippen molar-refractivity contribution in [3.05, 3.63) is 18.0 Å². The SMILES string of the molecule is CCN(CC(C)C)S(=O)(=O)c1cc(CO)n(C2CC2)c1. The lowest BCUT2D eigenvalue weighted by Crippen LogP contribution is -2.33. The zero-order valence-corrected chi connectivity index (χ0v) is 13.2. The van der Waals surface area contributed by atoms with Crippen LogP contribution in [-0.2, 0) is 16.6 Å². The Morgan fingerprint density at radius 2 is 2.10 bits per heavy atom. The van der Waals surface area contributed by atoms with Crippen LogP contribution in [0.3, 0.4) is 0 Å². The minimum absolute atomic E-state index is 0.123. The second kappa shape index (κ2) is 5.87. The lowest BCUT2D eigenvalue weighted by Gasteiger charge is -2.21. The standard InChI is InChI=1S/C14H24N2O3S/c1-4-15(8-11(2)3)20(18,19)14-7-13(10-17)16(9-14)12-5-6-12/h7,9,11-12,17H,4-6,8,10H2,1-3H3. The summed E-state index contributed by atoms with van der Waals surface area (Å²) in [6, 6.07) is 1.97. The van der Waals surface area contributed by atoms with Gasteiger partial charge in [-0.05, 0) is 24.8 Å². The number of aliphatic hydroxyl groups excluding tert-OH is 1. The van der Waals surface area contributed by atoms with Gasteiger partial charge in [0.25, 0.3) is 0 Å². The second-order valence-corrected chi connectivity index (χ2v) is 7.75. The Morgan fingerprint density at radius 3 is 2.55 bits per heavy atom. The van der Waals surface area contributed by atoms with Crippen molar-refractivity contribution in [2.45, 2.75) is 51.2 Å². The van der Waals surface area contributed by atoms with Crippen molar-refractivity contribution >= 4 is 10.0 Å². The van der Waals surface area contributed by atoms with Gasteiger partial charge in [-0.3, -0.25) is 0 Å². The van der Waals surface area contributed by atoms with Crippen molar-refractivity contribution in [1.29, 1.82) is 0 Å². The van der Waals surface area contributed by atoms with E-state index in [4.69, 9.17) is 0 Å². The highest BCUT2D eigenvalue weighted by atomic mass is 32.2. The van der Waals surface area contributed by atoms with E-state index in [1.807, 2.05) is 25.3 Å². The molecule has 6 heteroatoms. The Labute approximate surface area is 121 Å². The van der Waals surface area contributed by atoms with Crippen molar-refractivity contribution in [2.75, 3.05) is 13.1 Å². The molecule has 1 aromatic rings. The monoisotopic (exact) mass is 300 g/mol. The summed E-state index contributed by atoms with van der Waals surface area (Å²) in [4.78, 5) is 0.302. The molecule has 20 heavy (non-hydrogen) atoms. The maximum absolute atomic E-state index is 12.7. The van der Waals surface area contributed by atoms with Crippen molar-refractivity contribution in [3.63, 3.8) is 0 Å². The molecule has 5 nitrogen and oxygen atoms in total. The fourth-order valence-electron chi connectivity index (χ4n) is 2.41. The number of nitrogens with zero attached hydrogens (tertiary/aromatic N) is 2. The zero-order chi connectivity index (χ0) is 14.9. The van der Waals surface area contributed by atoms with Gasteiger partial charge in [-0.15, -0.1) is 0 Å². The van der Waals surface area contributed by atoms with E-state index in [-0.39, 0.29) is 12.5 Å². The van der Waals surface area contributed by atoms with Crippen LogP contribution in [-0.4, -0.2) is 35.5 Å².